The molecule has 0 spiro atoms. The highest BCUT2D eigenvalue weighted by atomic mass is 32.2. The van der Waals surface area contributed by atoms with Crippen molar-refractivity contribution in [3.63, 3.8) is 0 Å². The summed E-state index contributed by atoms with van der Waals surface area (Å²) in [6.07, 6.45) is -4.65. The van der Waals surface area contributed by atoms with Crippen molar-refractivity contribution in [1.29, 1.82) is 0 Å². The van der Waals surface area contributed by atoms with Gasteiger partial charge in [0.15, 0.2) is 0 Å². The molecule has 2 aromatic carbocycles. The standard InChI is InChI=1S/C17H16F4N4O3S/c1-24-14-7-6-11(18)10-15(14)25(29(24,27)28)9-8-22-16(26)23-13-5-3-2-4-12(13)17(19,20)21/h2-7,10H,8-9H2,1H3,(H2,22,23,26). The molecule has 0 radical (unpaired) electrons. The first kappa shape index (κ1) is 20.7. The van der Waals surface area contributed by atoms with Crippen LogP contribution >= 0.6 is 0 Å². The van der Waals surface area contributed by atoms with Crippen LogP contribution in [0.4, 0.5) is 39.4 Å². The zero-order valence-electron chi connectivity index (χ0n) is 15.0. The molecule has 1 aliphatic heterocycles. The second kappa shape index (κ2) is 7.43. The van der Waals surface area contributed by atoms with Gasteiger partial charge >= 0.3 is 22.4 Å². The van der Waals surface area contributed by atoms with Gasteiger partial charge in [0.25, 0.3) is 0 Å². The zero-order valence-corrected chi connectivity index (χ0v) is 15.8. The number of alkyl halides is 3. The van der Waals surface area contributed by atoms with Gasteiger partial charge in [0.05, 0.1) is 29.2 Å². The lowest BCUT2D eigenvalue weighted by molar-refractivity contribution is -0.136. The number of carbonyl (C=O) groups excluding carboxylic acids is 1. The second-order valence-electron chi connectivity index (χ2n) is 6.10. The van der Waals surface area contributed by atoms with E-state index in [4.69, 9.17) is 0 Å². The van der Waals surface area contributed by atoms with Crippen molar-refractivity contribution in [3.05, 3.63) is 53.8 Å². The highest BCUT2D eigenvalue weighted by molar-refractivity contribution is 7.94. The van der Waals surface area contributed by atoms with Crippen molar-refractivity contribution in [1.82, 2.24) is 5.32 Å². The van der Waals surface area contributed by atoms with Crippen LogP contribution in [0.25, 0.3) is 0 Å². The third-order valence-corrected chi connectivity index (χ3v) is 6.08. The first-order valence-corrected chi connectivity index (χ1v) is 9.69. The highest BCUT2D eigenvalue weighted by Gasteiger charge is 2.38. The van der Waals surface area contributed by atoms with Crippen LogP contribution < -0.4 is 19.2 Å². The minimum atomic E-state index is -4.65. The molecular formula is C17H16F4N4O3S. The predicted molar refractivity (Wildman–Crippen MR) is 99.5 cm³/mol. The first-order valence-electron chi connectivity index (χ1n) is 8.29. The monoisotopic (exact) mass is 432 g/mol. The summed E-state index contributed by atoms with van der Waals surface area (Å²) in [6, 6.07) is 7.01. The van der Waals surface area contributed by atoms with Crippen molar-refractivity contribution in [2.24, 2.45) is 0 Å². The Bertz CT molecular complexity index is 1040. The van der Waals surface area contributed by atoms with E-state index in [2.05, 4.69) is 10.6 Å². The molecular weight excluding hydrogens is 416 g/mol. The Hall–Kier alpha value is -3.02. The molecule has 0 atom stereocenters. The zero-order chi connectivity index (χ0) is 21.4. The average molecular weight is 432 g/mol. The van der Waals surface area contributed by atoms with Crippen molar-refractivity contribution < 1.29 is 30.8 Å². The van der Waals surface area contributed by atoms with Gasteiger partial charge < -0.3 is 10.6 Å². The summed E-state index contributed by atoms with van der Waals surface area (Å²) >= 11 is 0. The molecule has 0 aromatic heterocycles. The van der Waals surface area contributed by atoms with Gasteiger partial charge in [-0.1, -0.05) is 12.1 Å². The number of nitrogens with zero attached hydrogens (tertiary/aromatic N) is 2. The number of fused-ring (bicyclic) bond motifs is 1. The Morgan fingerprint density at radius 2 is 1.79 bits per heavy atom. The molecule has 0 saturated heterocycles. The minimum absolute atomic E-state index is 0.108. The molecule has 0 aliphatic carbocycles. The lowest BCUT2D eigenvalue weighted by Crippen LogP contribution is -2.41. The van der Waals surface area contributed by atoms with Gasteiger partial charge in [-0.15, -0.1) is 0 Å². The van der Waals surface area contributed by atoms with Gasteiger partial charge in [0, 0.05) is 19.7 Å². The third-order valence-electron chi connectivity index (χ3n) is 4.25. The summed E-state index contributed by atoms with van der Waals surface area (Å²) in [5.74, 6) is -0.631. The fourth-order valence-electron chi connectivity index (χ4n) is 2.87. The van der Waals surface area contributed by atoms with Gasteiger partial charge in [-0.2, -0.15) is 21.6 Å². The molecule has 12 heteroatoms. The fraction of sp³-hybridized carbons (Fsp3) is 0.235. The van der Waals surface area contributed by atoms with Crippen LogP contribution in [-0.2, 0) is 16.4 Å². The molecule has 2 N–H and O–H groups in total. The summed E-state index contributed by atoms with van der Waals surface area (Å²) in [5, 5.41) is 4.39. The lowest BCUT2D eigenvalue weighted by Gasteiger charge is -2.19. The van der Waals surface area contributed by atoms with Crippen LogP contribution in [0.2, 0.25) is 0 Å². The normalized spacial score (nSPS) is 15.2. The fourth-order valence-corrected chi connectivity index (χ4v) is 4.29. The average Bonchev–Trinajstić information content (AvgIpc) is 2.81. The number of halogens is 4. The van der Waals surface area contributed by atoms with Gasteiger partial charge in [0.2, 0.25) is 0 Å². The summed E-state index contributed by atoms with van der Waals surface area (Å²) in [4.78, 5) is 12.0. The third kappa shape index (κ3) is 4.06. The molecule has 0 unspecified atom stereocenters. The van der Waals surface area contributed by atoms with Crippen molar-refractivity contribution in [2.45, 2.75) is 6.18 Å². The maximum atomic E-state index is 13.5. The summed E-state index contributed by atoms with van der Waals surface area (Å²) in [7, 11) is -2.64. The Kier molecular flexibility index (Phi) is 5.30. The largest absolute Gasteiger partial charge is 0.418 e. The number of benzene rings is 2. The number of anilines is 3. The smallest absolute Gasteiger partial charge is 0.336 e. The number of carbonyl (C=O) groups is 1. The van der Waals surface area contributed by atoms with Crippen LogP contribution in [0, 0.1) is 5.82 Å². The van der Waals surface area contributed by atoms with Gasteiger partial charge in [0.1, 0.15) is 5.82 Å². The van der Waals surface area contributed by atoms with E-state index >= 15 is 0 Å². The first-order chi connectivity index (χ1) is 13.5. The maximum Gasteiger partial charge on any atom is 0.418 e. The van der Waals surface area contributed by atoms with E-state index in [-0.39, 0.29) is 24.5 Å². The number of para-hydroxylation sites is 1. The Morgan fingerprint density at radius 1 is 1.10 bits per heavy atom. The van der Waals surface area contributed by atoms with Crippen LogP contribution in [-0.4, -0.2) is 34.6 Å². The number of nitrogens with one attached hydrogen (secondary N) is 2. The van der Waals surface area contributed by atoms with E-state index < -0.39 is 39.5 Å². The van der Waals surface area contributed by atoms with Gasteiger partial charge in [-0.3, -0.25) is 4.31 Å². The van der Waals surface area contributed by atoms with E-state index in [1.54, 1.807) is 0 Å². The quantitative estimate of drug-likeness (QED) is 0.729. The predicted octanol–water partition coefficient (Wildman–Crippen LogP) is 3.17. The second-order valence-corrected chi connectivity index (χ2v) is 7.99. The number of rotatable bonds is 4. The number of urea groups is 1. The van der Waals surface area contributed by atoms with E-state index in [0.717, 1.165) is 32.9 Å². The molecule has 156 valence electrons. The SMILES string of the molecule is CN1c2ccc(F)cc2N(CCNC(=O)Nc2ccccc2C(F)(F)F)S1(=O)=O. The summed E-state index contributed by atoms with van der Waals surface area (Å²) < 4.78 is 79.2. The maximum absolute atomic E-state index is 13.5. The van der Waals surface area contributed by atoms with Crippen LogP contribution in [0.5, 0.6) is 0 Å². The number of hydrogen-bond acceptors (Lipinski definition) is 3. The summed E-state index contributed by atoms with van der Waals surface area (Å²) in [5.41, 5.74) is -1.06. The Balaban J connectivity index is 1.67. The van der Waals surface area contributed by atoms with Crippen molar-refractivity contribution >= 4 is 33.3 Å². The van der Waals surface area contributed by atoms with E-state index in [9.17, 15) is 30.8 Å². The van der Waals surface area contributed by atoms with E-state index in [0.29, 0.717) is 0 Å². The summed E-state index contributed by atoms with van der Waals surface area (Å²) in [6.45, 7) is -0.458. The van der Waals surface area contributed by atoms with Gasteiger partial charge in [-0.25, -0.2) is 13.5 Å². The van der Waals surface area contributed by atoms with Crippen LogP contribution in [0.1, 0.15) is 5.56 Å². The Morgan fingerprint density at radius 3 is 2.48 bits per heavy atom. The number of hydrogen-bond donors (Lipinski definition) is 2. The molecule has 2 aromatic rings. The van der Waals surface area contributed by atoms with E-state index in [1.807, 2.05) is 0 Å². The molecule has 2 amide bonds. The number of amides is 2. The minimum Gasteiger partial charge on any atom is -0.336 e. The molecule has 29 heavy (non-hydrogen) atoms. The van der Waals surface area contributed by atoms with E-state index in [1.165, 1.54) is 25.2 Å². The van der Waals surface area contributed by atoms with Gasteiger partial charge in [-0.05, 0) is 24.3 Å². The molecule has 0 saturated carbocycles. The van der Waals surface area contributed by atoms with Crippen LogP contribution in [0.15, 0.2) is 42.5 Å². The molecule has 0 bridgehead atoms. The highest BCUT2D eigenvalue weighted by Crippen LogP contribution is 2.39. The molecule has 1 aliphatic rings. The van der Waals surface area contributed by atoms with Crippen LogP contribution in [0.3, 0.4) is 0 Å². The van der Waals surface area contributed by atoms with Crippen molar-refractivity contribution in [3.8, 4) is 0 Å². The lowest BCUT2D eigenvalue weighted by atomic mass is 10.1. The Labute approximate surface area is 164 Å². The van der Waals surface area contributed by atoms with Crippen molar-refractivity contribution in [2.75, 3.05) is 34.1 Å². The molecule has 1 heterocycles. The molecule has 7 nitrogen and oxygen atoms in total. The molecule has 0 fully saturated rings. The molecule has 3 rings (SSSR count). The topological polar surface area (TPSA) is 81.8 Å².